The summed E-state index contributed by atoms with van der Waals surface area (Å²) in [5.74, 6) is 0.191. The van der Waals surface area contributed by atoms with E-state index in [4.69, 9.17) is 11.6 Å². The number of carbonyl (C=O) groups excluding carboxylic acids is 1. The molecular weight excluding hydrogens is 194 g/mol. The summed E-state index contributed by atoms with van der Waals surface area (Å²) in [6.07, 6.45) is 0.484. The summed E-state index contributed by atoms with van der Waals surface area (Å²) >= 11 is 7.17. The maximum Gasteiger partial charge on any atom is 0.151 e. The minimum atomic E-state index is 0.191. The van der Waals surface area contributed by atoms with E-state index in [0.717, 1.165) is 9.21 Å². The lowest BCUT2D eigenvalue weighted by atomic mass is 10.2. The second-order valence-corrected chi connectivity index (χ2v) is 4.25. The number of hydrogen-bond acceptors (Lipinski definition) is 3. The lowest BCUT2D eigenvalue weighted by Crippen LogP contribution is -2.19. The van der Waals surface area contributed by atoms with Crippen molar-refractivity contribution < 1.29 is 4.79 Å². The molecule has 0 aliphatic heterocycles. The van der Waals surface area contributed by atoms with E-state index in [1.54, 1.807) is 7.05 Å². The van der Waals surface area contributed by atoms with Gasteiger partial charge in [0.05, 0.1) is 10.9 Å². The molecule has 1 rings (SSSR count). The zero-order valence-electron chi connectivity index (χ0n) is 6.76. The fraction of sp³-hybridized carbons (Fsp3) is 0.375. The number of rotatable bonds is 4. The number of nitrogens with one attached hydrogen (secondary N) is 1. The molecule has 4 heteroatoms. The Labute approximate surface area is 80.5 Å². The molecule has 2 nitrogen and oxygen atoms in total. The van der Waals surface area contributed by atoms with Gasteiger partial charge in [-0.15, -0.1) is 11.3 Å². The molecule has 12 heavy (non-hydrogen) atoms. The van der Waals surface area contributed by atoms with E-state index in [1.165, 1.54) is 11.3 Å². The van der Waals surface area contributed by atoms with Crippen molar-refractivity contribution in [3.8, 4) is 0 Å². The van der Waals surface area contributed by atoms with Gasteiger partial charge in [-0.05, 0) is 19.2 Å². The zero-order chi connectivity index (χ0) is 8.97. The maximum absolute atomic E-state index is 11.1. The lowest BCUT2D eigenvalue weighted by molar-refractivity contribution is -0.117. The predicted octanol–water partition coefficient (Wildman–Crippen LogP) is 1.73. The molecule has 0 radical (unpaired) electrons. The van der Waals surface area contributed by atoms with E-state index < -0.39 is 0 Å². The summed E-state index contributed by atoms with van der Waals surface area (Å²) in [5.41, 5.74) is 0. The summed E-state index contributed by atoms with van der Waals surface area (Å²) in [5, 5.41) is 2.82. The van der Waals surface area contributed by atoms with Crippen LogP contribution in [0.4, 0.5) is 0 Å². The van der Waals surface area contributed by atoms with Crippen molar-refractivity contribution in [2.75, 3.05) is 13.6 Å². The van der Waals surface area contributed by atoms with Gasteiger partial charge in [-0.1, -0.05) is 11.6 Å². The predicted molar refractivity (Wildman–Crippen MR) is 52.0 cm³/mol. The third-order valence-electron chi connectivity index (χ3n) is 1.37. The van der Waals surface area contributed by atoms with Crippen molar-refractivity contribution in [1.82, 2.24) is 5.32 Å². The maximum atomic E-state index is 11.1. The first kappa shape index (κ1) is 9.71. The average molecular weight is 204 g/mol. The molecule has 66 valence electrons. The van der Waals surface area contributed by atoms with Gasteiger partial charge in [0, 0.05) is 11.3 Å². The lowest BCUT2D eigenvalue weighted by Gasteiger charge is -1.95. The smallest absolute Gasteiger partial charge is 0.151 e. The molecule has 0 amide bonds. The van der Waals surface area contributed by atoms with Crippen molar-refractivity contribution in [2.45, 2.75) is 6.42 Å². The minimum Gasteiger partial charge on any atom is -0.313 e. The van der Waals surface area contributed by atoms with Gasteiger partial charge in [-0.3, -0.25) is 4.79 Å². The third kappa shape index (κ3) is 2.93. The number of halogens is 1. The molecule has 0 unspecified atom stereocenters. The first-order chi connectivity index (χ1) is 5.72. The Morgan fingerprint density at radius 3 is 2.92 bits per heavy atom. The van der Waals surface area contributed by atoms with Gasteiger partial charge in [-0.2, -0.15) is 0 Å². The third-order valence-corrected chi connectivity index (χ3v) is 2.61. The Morgan fingerprint density at radius 2 is 2.42 bits per heavy atom. The fourth-order valence-electron chi connectivity index (χ4n) is 0.901. The van der Waals surface area contributed by atoms with Crippen LogP contribution in [-0.2, 0) is 11.2 Å². The number of carbonyl (C=O) groups is 1. The van der Waals surface area contributed by atoms with Crippen LogP contribution in [0, 0.1) is 0 Å². The second-order valence-electron chi connectivity index (χ2n) is 2.45. The van der Waals surface area contributed by atoms with Crippen LogP contribution in [-0.4, -0.2) is 19.4 Å². The molecule has 1 aromatic heterocycles. The second kappa shape index (κ2) is 4.60. The minimum absolute atomic E-state index is 0.191. The molecule has 1 N–H and O–H groups in total. The van der Waals surface area contributed by atoms with Gasteiger partial charge >= 0.3 is 0 Å². The van der Waals surface area contributed by atoms with Crippen LogP contribution in [0.15, 0.2) is 12.1 Å². The van der Waals surface area contributed by atoms with Gasteiger partial charge in [0.15, 0.2) is 5.78 Å². The molecule has 0 saturated heterocycles. The Bertz CT molecular complexity index is 272. The van der Waals surface area contributed by atoms with Crippen LogP contribution in [0.25, 0.3) is 0 Å². The Hall–Kier alpha value is -0.380. The van der Waals surface area contributed by atoms with Gasteiger partial charge < -0.3 is 5.32 Å². The summed E-state index contributed by atoms with van der Waals surface area (Å²) in [6.45, 7) is 0.426. The van der Waals surface area contributed by atoms with Crippen molar-refractivity contribution in [3.05, 3.63) is 21.3 Å². The Kier molecular flexibility index (Phi) is 3.72. The summed E-state index contributed by atoms with van der Waals surface area (Å²) in [7, 11) is 1.76. The van der Waals surface area contributed by atoms with E-state index in [9.17, 15) is 4.79 Å². The standard InChI is InChI=1S/C8H10ClNOS/c1-10-5-6(11)4-7-2-3-8(9)12-7/h2-3,10H,4-5H2,1H3. The summed E-state index contributed by atoms with van der Waals surface area (Å²) in [6, 6.07) is 3.70. The highest BCUT2D eigenvalue weighted by molar-refractivity contribution is 7.16. The first-order valence-electron chi connectivity index (χ1n) is 3.63. The molecule has 0 fully saturated rings. The monoisotopic (exact) mass is 203 g/mol. The van der Waals surface area contributed by atoms with Gasteiger partial charge in [-0.25, -0.2) is 0 Å². The number of thiophene rings is 1. The van der Waals surface area contributed by atoms with Crippen molar-refractivity contribution in [1.29, 1.82) is 0 Å². The van der Waals surface area contributed by atoms with Crippen LogP contribution in [0.3, 0.4) is 0 Å². The van der Waals surface area contributed by atoms with Gasteiger partial charge in [0.1, 0.15) is 0 Å². The number of ketones is 1. The molecule has 0 atom stereocenters. The van der Waals surface area contributed by atoms with Crippen LogP contribution in [0.5, 0.6) is 0 Å². The van der Waals surface area contributed by atoms with E-state index in [-0.39, 0.29) is 5.78 Å². The zero-order valence-corrected chi connectivity index (χ0v) is 8.34. The van der Waals surface area contributed by atoms with E-state index in [0.29, 0.717) is 13.0 Å². The van der Waals surface area contributed by atoms with E-state index in [2.05, 4.69) is 5.32 Å². The topological polar surface area (TPSA) is 29.1 Å². The fourth-order valence-corrected chi connectivity index (χ4v) is 2.02. The van der Waals surface area contributed by atoms with Gasteiger partial charge in [0.25, 0.3) is 0 Å². The van der Waals surface area contributed by atoms with Crippen molar-refractivity contribution in [2.24, 2.45) is 0 Å². The average Bonchev–Trinajstić information content (AvgIpc) is 2.36. The normalized spacial score (nSPS) is 10.2. The molecule has 0 spiro atoms. The van der Waals surface area contributed by atoms with Crippen LogP contribution in [0.2, 0.25) is 4.34 Å². The molecule has 1 aromatic rings. The van der Waals surface area contributed by atoms with Crippen molar-refractivity contribution >= 4 is 28.7 Å². The number of hydrogen-bond donors (Lipinski definition) is 1. The summed E-state index contributed by atoms with van der Waals surface area (Å²) in [4.78, 5) is 12.2. The molecule has 0 aromatic carbocycles. The summed E-state index contributed by atoms with van der Waals surface area (Å²) < 4.78 is 0.738. The number of Topliss-reactive ketones (excluding diaryl/α,β-unsaturated/α-hetero) is 1. The molecule has 0 aliphatic rings. The van der Waals surface area contributed by atoms with Crippen LogP contribution < -0.4 is 5.32 Å². The van der Waals surface area contributed by atoms with E-state index >= 15 is 0 Å². The molecule has 0 bridgehead atoms. The first-order valence-corrected chi connectivity index (χ1v) is 4.82. The largest absolute Gasteiger partial charge is 0.313 e. The Morgan fingerprint density at radius 1 is 1.67 bits per heavy atom. The SMILES string of the molecule is CNCC(=O)Cc1ccc(Cl)s1. The molecule has 1 heterocycles. The van der Waals surface area contributed by atoms with Gasteiger partial charge in [0.2, 0.25) is 0 Å². The molecule has 0 saturated carbocycles. The molecule has 0 aliphatic carbocycles. The highest BCUT2D eigenvalue weighted by atomic mass is 35.5. The molecular formula is C8H10ClNOS. The van der Waals surface area contributed by atoms with E-state index in [1.807, 2.05) is 12.1 Å². The highest BCUT2D eigenvalue weighted by Crippen LogP contribution is 2.21. The number of likely N-dealkylation sites (N-methyl/N-ethyl adjacent to an activating group) is 1. The Balaban J connectivity index is 2.46. The van der Waals surface area contributed by atoms with Crippen LogP contribution >= 0.6 is 22.9 Å². The van der Waals surface area contributed by atoms with Crippen molar-refractivity contribution in [3.63, 3.8) is 0 Å². The highest BCUT2D eigenvalue weighted by Gasteiger charge is 2.04. The van der Waals surface area contributed by atoms with Crippen LogP contribution in [0.1, 0.15) is 4.88 Å². The quantitative estimate of drug-likeness (QED) is 0.808.